The maximum absolute atomic E-state index is 12.7. The van der Waals surface area contributed by atoms with Gasteiger partial charge in [0.1, 0.15) is 6.10 Å². The number of benzene rings is 2. The number of nitro groups is 1. The lowest BCUT2D eigenvalue weighted by Crippen LogP contribution is -2.27. The summed E-state index contributed by atoms with van der Waals surface area (Å²) in [4.78, 5) is 35.5. The Bertz CT molecular complexity index is 813. The molecule has 0 radical (unpaired) electrons. The number of rotatable bonds is 5. The van der Waals surface area contributed by atoms with E-state index in [1.807, 2.05) is 0 Å². The van der Waals surface area contributed by atoms with Crippen molar-refractivity contribution in [2.75, 3.05) is 11.9 Å². The van der Waals surface area contributed by atoms with Crippen molar-refractivity contribution < 1.29 is 19.2 Å². The van der Waals surface area contributed by atoms with Gasteiger partial charge in [0.25, 0.3) is 11.6 Å². The highest BCUT2D eigenvalue weighted by atomic mass is 16.6. The van der Waals surface area contributed by atoms with Crippen LogP contribution in [0.5, 0.6) is 0 Å². The summed E-state index contributed by atoms with van der Waals surface area (Å²) in [6, 6.07) is 12.2. The minimum Gasteiger partial charge on any atom is -0.368 e. The van der Waals surface area contributed by atoms with Gasteiger partial charge in [-0.25, -0.2) is 0 Å². The molecule has 0 spiro atoms. The number of non-ortho nitro benzene ring substituents is 1. The molecule has 1 atom stereocenters. The third kappa shape index (κ3) is 3.72. The van der Waals surface area contributed by atoms with Gasteiger partial charge in [-0.2, -0.15) is 0 Å². The zero-order chi connectivity index (χ0) is 17.8. The Labute approximate surface area is 143 Å². The molecule has 3 rings (SSSR count). The second kappa shape index (κ2) is 7.23. The number of hydrogen-bond donors (Lipinski definition) is 1. The number of anilines is 1. The van der Waals surface area contributed by atoms with Crippen LogP contribution in [0.4, 0.5) is 11.4 Å². The van der Waals surface area contributed by atoms with Crippen LogP contribution in [0, 0.1) is 10.1 Å². The molecule has 7 nitrogen and oxygen atoms in total. The van der Waals surface area contributed by atoms with Crippen molar-refractivity contribution in [3.8, 4) is 0 Å². The molecule has 7 heteroatoms. The number of hydrogen-bond acceptors (Lipinski definition) is 5. The van der Waals surface area contributed by atoms with Crippen LogP contribution in [0.15, 0.2) is 48.5 Å². The van der Waals surface area contributed by atoms with E-state index >= 15 is 0 Å². The largest absolute Gasteiger partial charge is 0.368 e. The molecule has 0 bridgehead atoms. The third-order valence-electron chi connectivity index (χ3n) is 3.97. The van der Waals surface area contributed by atoms with E-state index in [4.69, 9.17) is 4.74 Å². The smallest absolute Gasteiger partial charge is 0.270 e. The van der Waals surface area contributed by atoms with E-state index in [0.717, 1.165) is 6.42 Å². The lowest BCUT2D eigenvalue weighted by Gasteiger charge is -2.13. The average Bonchev–Trinajstić information content (AvgIpc) is 3.17. The molecule has 1 aliphatic rings. The molecule has 1 saturated heterocycles. The number of nitrogens with one attached hydrogen (secondary N) is 1. The Morgan fingerprint density at radius 1 is 1.16 bits per heavy atom. The molecule has 0 aliphatic carbocycles. The number of nitrogens with zero attached hydrogens (tertiary/aromatic N) is 1. The minimum absolute atomic E-state index is 0.0757. The molecule has 1 heterocycles. The van der Waals surface area contributed by atoms with E-state index in [-0.39, 0.29) is 22.8 Å². The van der Waals surface area contributed by atoms with Crippen LogP contribution in [-0.2, 0) is 9.53 Å². The van der Waals surface area contributed by atoms with Gasteiger partial charge in [-0.05, 0) is 18.9 Å². The normalized spacial score (nSPS) is 16.4. The second-order valence-corrected chi connectivity index (χ2v) is 5.67. The van der Waals surface area contributed by atoms with Crippen molar-refractivity contribution in [1.29, 1.82) is 0 Å². The van der Waals surface area contributed by atoms with Gasteiger partial charge in [0.15, 0.2) is 5.78 Å². The zero-order valence-corrected chi connectivity index (χ0v) is 13.3. The molecular formula is C18H16N2O5. The van der Waals surface area contributed by atoms with Crippen molar-refractivity contribution in [1.82, 2.24) is 0 Å². The van der Waals surface area contributed by atoms with E-state index in [1.54, 1.807) is 30.3 Å². The zero-order valence-electron chi connectivity index (χ0n) is 13.3. The van der Waals surface area contributed by atoms with Gasteiger partial charge >= 0.3 is 0 Å². The van der Waals surface area contributed by atoms with Crippen LogP contribution in [-0.4, -0.2) is 29.3 Å². The quantitative estimate of drug-likeness (QED) is 0.512. The molecular weight excluding hydrogens is 324 g/mol. The summed E-state index contributed by atoms with van der Waals surface area (Å²) in [6.07, 6.45) is 0.851. The van der Waals surface area contributed by atoms with E-state index in [0.29, 0.717) is 18.6 Å². The topological polar surface area (TPSA) is 98.5 Å². The second-order valence-electron chi connectivity index (χ2n) is 5.67. The molecule has 1 aliphatic heterocycles. The maximum Gasteiger partial charge on any atom is 0.270 e. The third-order valence-corrected chi connectivity index (χ3v) is 3.97. The maximum atomic E-state index is 12.7. The van der Waals surface area contributed by atoms with Gasteiger partial charge in [0.2, 0.25) is 0 Å². The first-order valence-electron chi connectivity index (χ1n) is 7.87. The Hall–Kier alpha value is -3.06. The summed E-state index contributed by atoms with van der Waals surface area (Å²) in [6.45, 7) is 0.522. The highest BCUT2D eigenvalue weighted by Crippen LogP contribution is 2.26. The van der Waals surface area contributed by atoms with Crippen molar-refractivity contribution in [2.45, 2.75) is 18.9 Å². The van der Waals surface area contributed by atoms with Crippen molar-refractivity contribution >= 4 is 23.1 Å². The minimum atomic E-state index is -0.576. The van der Waals surface area contributed by atoms with Crippen LogP contribution in [0.1, 0.15) is 28.8 Å². The average molecular weight is 340 g/mol. The fraction of sp³-hybridized carbons (Fsp3) is 0.222. The standard InChI is InChI=1S/C18H16N2O5/c21-17(12-5-2-1-3-6-12)14-11-13(20(23)24)8-9-15(14)19-18(22)16-7-4-10-25-16/h1-3,5-6,8-9,11,16H,4,7,10H2,(H,19,22)/t16-/m1/s1. The van der Waals surface area contributed by atoms with Crippen LogP contribution in [0.3, 0.4) is 0 Å². The summed E-state index contributed by atoms with van der Waals surface area (Å²) in [5.41, 5.74) is 0.483. The molecule has 1 N–H and O–H groups in total. The van der Waals surface area contributed by atoms with E-state index < -0.39 is 16.8 Å². The fourth-order valence-corrected chi connectivity index (χ4v) is 2.69. The fourth-order valence-electron chi connectivity index (χ4n) is 2.69. The Morgan fingerprint density at radius 3 is 2.56 bits per heavy atom. The monoisotopic (exact) mass is 340 g/mol. The highest BCUT2D eigenvalue weighted by Gasteiger charge is 2.26. The van der Waals surface area contributed by atoms with Gasteiger partial charge in [0, 0.05) is 24.3 Å². The molecule has 0 aromatic heterocycles. The van der Waals surface area contributed by atoms with Crippen LogP contribution < -0.4 is 5.32 Å². The lowest BCUT2D eigenvalue weighted by atomic mass is 10.0. The SMILES string of the molecule is O=C(c1ccccc1)c1cc([N+](=O)[O-])ccc1NC(=O)[C@H]1CCCO1. The van der Waals surface area contributed by atoms with Crippen molar-refractivity contribution in [2.24, 2.45) is 0 Å². The predicted molar refractivity (Wildman–Crippen MR) is 90.6 cm³/mol. The number of carbonyl (C=O) groups excluding carboxylic acids is 2. The molecule has 25 heavy (non-hydrogen) atoms. The van der Waals surface area contributed by atoms with Crippen LogP contribution in [0.2, 0.25) is 0 Å². The molecule has 1 fully saturated rings. The van der Waals surface area contributed by atoms with E-state index in [9.17, 15) is 19.7 Å². The van der Waals surface area contributed by atoms with Gasteiger partial charge in [-0.1, -0.05) is 30.3 Å². The Morgan fingerprint density at radius 2 is 1.92 bits per heavy atom. The highest BCUT2D eigenvalue weighted by molar-refractivity contribution is 6.14. The summed E-state index contributed by atoms with van der Waals surface area (Å²) >= 11 is 0. The predicted octanol–water partition coefficient (Wildman–Crippen LogP) is 2.94. The number of nitro benzene ring substituents is 1. The molecule has 2 aromatic rings. The summed E-state index contributed by atoms with van der Waals surface area (Å²) in [7, 11) is 0. The number of ketones is 1. The van der Waals surface area contributed by atoms with Gasteiger partial charge in [0.05, 0.1) is 16.2 Å². The van der Waals surface area contributed by atoms with Gasteiger partial charge in [-0.15, -0.1) is 0 Å². The molecule has 128 valence electrons. The van der Waals surface area contributed by atoms with Crippen molar-refractivity contribution in [3.63, 3.8) is 0 Å². The molecule has 2 aromatic carbocycles. The van der Waals surface area contributed by atoms with E-state index in [1.165, 1.54) is 18.2 Å². The van der Waals surface area contributed by atoms with Crippen molar-refractivity contribution in [3.05, 3.63) is 69.8 Å². The van der Waals surface area contributed by atoms with Gasteiger partial charge < -0.3 is 10.1 Å². The lowest BCUT2D eigenvalue weighted by molar-refractivity contribution is -0.384. The first kappa shape index (κ1) is 16.8. The summed E-state index contributed by atoms with van der Waals surface area (Å²) in [5, 5.41) is 13.7. The van der Waals surface area contributed by atoms with E-state index in [2.05, 4.69) is 5.32 Å². The molecule has 0 unspecified atom stereocenters. The molecule has 1 amide bonds. The summed E-state index contributed by atoms with van der Waals surface area (Å²) in [5.74, 6) is -0.750. The first-order valence-corrected chi connectivity index (χ1v) is 7.87. The Balaban J connectivity index is 1.95. The number of ether oxygens (including phenoxy) is 1. The number of carbonyl (C=O) groups is 2. The first-order chi connectivity index (χ1) is 12.1. The summed E-state index contributed by atoms with van der Waals surface area (Å²) < 4.78 is 5.33. The Kier molecular flexibility index (Phi) is 4.85. The van der Waals surface area contributed by atoms with Crippen LogP contribution in [0.25, 0.3) is 0 Å². The van der Waals surface area contributed by atoms with Gasteiger partial charge in [-0.3, -0.25) is 19.7 Å². The molecule has 0 saturated carbocycles. The number of amides is 1. The van der Waals surface area contributed by atoms with Crippen LogP contribution >= 0.6 is 0 Å².